The second-order valence-electron chi connectivity index (χ2n) is 9.05. The van der Waals surface area contributed by atoms with Crippen molar-refractivity contribution in [2.24, 2.45) is 5.73 Å². The van der Waals surface area contributed by atoms with Crippen LogP contribution in [0.2, 0.25) is 0 Å². The number of nitrogens with one attached hydrogen (secondary N) is 2. The molecule has 0 fully saturated rings. The van der Waals surface area contributed by atoms with Crippen molar-refractivity contribution in [3.8, 4) is 16.9 Å². The van der Waals surface area contributed by atoms with E-state index in [2.05, 4.69) is 20.3 Å². The van der Waals surface area contributed by atoms with Crippen LogP contribution in [0.15, 0.2) is 79.3 Å². The molecule has 10 heteroatoms. The minimum atomic E-state index is -0.793. The standard InChI is InChI=1S/C29H23F2N5O3/c30-19-8-16(9-20(31)13-19)10-25(36-27(38)12-18-15-35-24-4-3-21(37)14-23(18)24)28-22(2-1-6-34-28)17-5-7-33-26(11-17)29(32)39/h1-9,11,13-15,25,35,37H,10,12H2,(H2,32,39)(H,36,38)/t25-/m0/s1. The van der Waals surface area contributed by atoms with Crippen molar-refractivity contribution in [1.82, 2.24) is 20.3 Å². The Morgan fingerprint density at radius 3 is 2.56 bits per heavy atom. The zero-order chi connectivity index (χ0) is 27.5. The molecule has 3 heterocycles. The summed E-state index contributed by atoms with van der Waals surface area (Å²) < 4.78 is 28.0. The van der Waals surface area contributed by atoms with Gasteiger partial charge >= 0.3 is 0 Å². The molecule has 0 spiro atoms. The van der Waals surface area contributed by atoms with E-state index in [4.69, 9.17) is 5.73 Å². The van der Waals surface area contributed by atoms with Crippen LogP contribution in [0, 0.1) is 11.6 Å². The smallest absolute Gasteiger partial charge is 0.267 e. The van der Waals surface area contributed by atoms with E-state index < -0.39 is 23.6 Å². The van der Waals surface area contributed by atoms with Gasteiger partial charge in [0.05, 0.1) is 18.2 Å². The van der Waals surface area contributed by atoms with Crippen LogP contribution in [0.1, 0.15) is 33.4 Å². The lowest BCUT2D eigenvalue weighted by Gasteiger charge is -2.22. The molecule has 0 aliphatic carbocycles. The molecule has 0 saturated heterocycles. The summed E-state index contributed by atoms with van der Waals surface area (Å²) in [4.78, 5) is 36.6. The number of benzene rings is 2. The van der Waals surface area contributed by atoms with Gasteiger partial charge in [0.25, 0.3) is 5.91 Å². The van der Waals surface area contributed by atoms with Gasteiger partial charge in [-0.2, -0.15) is 0 Å². The first-order valence-electron chi connectivity index (χ1n) is 12.0. The van der Waals surface area contributed by atoms with Crippen LogP contribution >= 0.6 is 0 Å². The number of H-pyrrole nitrogens is 1. The molecule has 5 rings (SSSR count). The van der Waals surface area contributed by atoms with Gasteiger partial charge in [0.1, 0.15) is 23.1 Å². The third kappa shape index (κ3) is 5.74. The number of amides is 2. The number of nitrogens with zero attached hydrogens (tertiary/aromatic N) is 2. The van der Waals surface area contributed by atoms with Gasteiger partial charge in [-0.15, -0.1) is 0 Å². The summed E-state index contributed by atoms with van der Waals surface area (Å²) >= 11 is 0. The van der Waals surface area contributed by atoms with Crippen molar-refractivity contribution in [2.45, 2.75) is 18.9 Å². The van der Waals surface area contributed by atoms with Crippen molar-refractivity contribution >= 4 is 22.7 Å². The summed E-state index contributed by atoms with van der Waals surface area (Å²) in [5, 5.41) is 13.5. The third-order valence-electron chi connectivity index (χ3n) is 6.29. The molecule has 5 N–H and O–H groups in total. The zero-order valence-corrected chi connectivity index (χ0v) is 20.5. The molecule has 8 nitrogen and oxygen atoms in total. The molecule has 0 bridgehead atoms. The number of fused-ring (bicyclic) bond motifs is 1. The zero-order valence-electron chi connectivity index (χ0n) is 20.5. The highest BCUT2D eigenvalue weighted by atomic mass is 19.1. The molecule has 0 radical (unpaired) electrons. The quantitative estimate of drug-likeness (QED) is 0.238. The molecule has 0 saturated carbocycles. The monoisotopic (exact) mass is 527 g/mol. The van der Waals surface area contributed by atoms with Crippen LogP contribution in [0.5, 0.6) is 5.75 Å². The SMILES string of the molecule is NC(=O)c1cc(-c2cccnc2[C@H](Cc2cc(F)cc(F)c2)NC(=O)Cc2c[nH]c3ccc(O)cc23)ccn1. The Balaban J connectivity index is 1.52. The van der Waals surface area contributed by atoms with Crippen molar-refractivity contribution in [3.05, 3.63) is 113 Å². The number of rotatable bonds is 8. The number of carbonyl (C=O) groups is 2. The summed E-state index contributed by atoms with van der Waals surface area (Å²) in [6, 6.07) is 13.8. The van der Waals surface area contributed by atoms with Crippen LogP contribution in [-0.4, -0.2) is 31.9 Å². The number of halogens is 2. The van der Waals surface area contributed by atoms with E-state index in [1.807, 2.05) is 0 Å². The van der Waals surface area contributed by atoms with Gasteiger partial charge in [-0.1, -0.05) is 6.07 Å². The molecule has 2 aromatic carbocycles. The van der Waals surface area contributed by atoms with Gasteiger partial charge in [0.15, 0.2) is 0 Å². The highest BCUT2D eigenvalue weighted by molar-refractivity contribution is 5.92. The summed E-state index contributed by atoms with van der Waals surface area (Å²) in [5.41, 5.74) is 8.79. The van der Waals surface area contributed by atoms with Crippen molar-refractivity contribution < 1.29 is 23.5 Å². The minimum Gasteiger partial charge on any atom is -0.508 e. The van der Waals surface area contributed by atoms with Crippen molar-refractivity contribution in [3.63, 3.8) is 0 Å². The molecule has 39 heavy (non-hydrogen) atoms. The fraction of sp³-hybridized carbons (Fsp3) is 0.103. The van der Waals surface area contributed by atoms with E-state index in [9.17, 15) is 23.5 Å². The summed E-state index contributed by atoms with van der Waals surface area (Å²) in [6.45, 7) is 0. The number of aromatic nitrogens is 3. The number of nitrogens with two attached hydrogens (primary N) is 1. The minimum absolute atomic E-state index is 0.0271. The third-order valence-corrected chi connectivity index (χ3v) is 6.29. The maximum Gasteiger partial charge on any atom is 0.267 e. The highest BCUT2D eigenvalue weighted by Gasteiger charge is 2.23. The summed E-state index contributed by atoms with van der Waals surface area (Å²) in [7, 11) is 0. The molecule has 2 amide bonds. The molecule has 1 atom stereocenters. The van der Waals surface area contributed by atoms with Crippen LogP contribution in [0.3, 0.4) is 0 Å². The van der Waals surface area contributed by atoms with Crippen LogP contribution in [-0.2, 0) is 17.6 Å². The van der Waals surface area contributed by atoms with Crippen LogP contribution in [0.25, 0.3) is 22.0 Å². The predicted octanol–water partition coefficient (Wildman–Crippen LogP) is 4.35. The fourth-order valence-electron chi connectivity index (χ4n) is 4.58. The van der Waals surface area contributed by atoms with Gasteiger partial charge in [0.2, 0.25) is 5.91 Å². The van der Waals surface area contributed by atoms with Crippen molar-refractivity contribution in [2.75, 3.05) is 0 Å². The van der Waals surface area contributed by atoms with Gasteiger partial charge < -0.3 is 21.1 Å². The molecular formula is C29H23F2N5O3. The molecule has 0 aliphatic rings. The number of primary amides is 1. The molecule has 0 unspecified atom stereocenters. The van der Waals surface area contributed by atoms with E-state index in [1.54, 1.807) is 48.8 Å². The van der Waals surface area contributed by atoms with Gasteiger partial charge in [-0.25, -0.2) is 8.78 Å². The Bertz CT molecular complexity index is 1680. The summed E-state index contributed by atoms with van der Waals surface area (Å²) in [5.74, 6) is -2.48. The Morgan fingerprint density at radius 1 is 1.00 bits per heavy atom. The number of aromatic amines is 1. The van der Waals surface area contributed by atoms with Gasteiger partial charge in [-0.05, 0) is 71.6 Å². The van der Waals surface area contributed by atoms with Gasteiger partial charge in [-0.3, -0.25) is 19.6 Å². The molecule has 0 aliphatic heterocycles. The molecule has 3 aromatic heterocycles. The topological polar surface area (TPSA) is 134 Å². The summed E-state index contributed by atoms with van der Waals surface area (Å²) in [6.07, 6.45) is 4.68. The highest BCUT2D eigenvalue weighted by Crippen LogP contribution is 2.30. The van der Waals surface area contributed by atoms with Crippen LogP contribution in [0.4, 0.5) is 8.78 Å². The molecular weight excluding hydrogens is 504 g/mol. The first kappa shape index (κ1) is 25.5. The molecule has 5 aromatic rings. The Hall–Kier alpha value is -5.12. The first-order chi connectivity index (χ1) is 18.8. The molecule has 196 valence electrons. The number of hydrogen-bond acceptors (Lipinski definition) is 5. The number of hydrogen-bond donors (Lipinski definition) is 4. The largest absolute Gasteiger partial charge is 0.508 e. The Morgan fingerprint density at radius 2 is 1.79 bits per heavy atom. The van der Waals surface area contributed by atoms with E-state index in [-0.39, 0.29) is 30.2 Å². The second-order valence-corrected chi connectivity index (χ2v) is 9.05. The fourth-order valence-corrected chi connectivity index (χ4v) is 4.58. The Kier molecular flexibility index (Phi) is 7.00. The predicted molar refractivity (Wildman–Crippen MR) is 141 cm³/mol. The van der Waals surface area contributed by atoms with E-state index in [1.165, 1.54) is 24.4 Å². The average molecular weight is 528 g/mol. The van der Waals surface area contributed by atoms with E-state index in [0.717, 1.165) is 11.6 Å². The number of phenolic OH excluding ortho intramolecular Hbond substituents is 1. The lowest BCUT2D eigenvalue weighted by atomic mass is 9.95. The lowest BCUT2D eigenvalue weighted by Crippen LogP contribution is -2.32. The number of pyridine rings is 2. The number of aromatic hydroxyl groups is 1. The maximum atomic E-state index is 14.0. The van der Waals surface area contributed by atoms with Crippen molar-refractivity contribution in [1.29, 1.82) is 0 Å². The first-order valence-corrected chi connectivity index (χ1v) is 12.0. The number of carbonyl (C=O) groups excluding carboxylic acids is 2. The number of phenols is 1. The maximum absolute atomic E-state index is 14.0. The normalized spacial score (nSPS) is 11.8. The van der Waals surface area contributed by atoms with Gasteiger partial charge in [0, 0.05) is 41.1 Å². The Labute approximate surface area is 221 Å². The van der Waals surface area contributed by atoms with Crippen LogP contribution < -0.4 is 11.1 Å². The van der Waals surface area contributed by atoms with E-state index in [0.29, 0.717) is 33.3 Å². The van der Waals surface area contributed by atoms with E-state index >= 15 is 0 Å². The second kappa shape index (κ2) is 10.7. The average Bonchev–Trinajstić information content (AvgIpc) is 3.29. The lowest BCUT2D eigenvalue weighted by molar-refractivity contribution is -0.121.